The average molecular weight is 450 g/mol. The summed E-state index contributed by atoms with van der Waals surface area (Å²) in [6.07, 6.45) is 11.3. The lowest BCUT2D eigenvalue weighted by atomic mass is 10.1. The van der Waals surface area contributed by atoms with Crippen molar-refractivity contribution in [3.63, 3.8) is 0 Å². The second kappa shape index (κ2) is 9.54. The fourth-order valence-electron chi connectivity index (χ4n) is 3.69. The summed E-state index contributed by atoms with van der Waals surface area (Å²) >= 11 is 1.34. The maximum Gasteiger partial charge on any atom is 0.268 e. The Labute approximate surface area is 191 Å². The SMILES string of the molecule is C=N/C(=C\c1cc(-c2cnn(C3CCN(C)CC3)c2)ncc1C)NC(=O)c1cnc(C)s1. The number of pyridine rings is 1. The minimum Gasteiger partial charge on any atom is -0.306 e. The molecule has 4 heterocycles. The normalized spacial score (nSPS) is 15.7. The van der Waals surface area contributed by atoms with Crippen LogP contribution in [0.4, 0.5) is 0 Å². The molecule has 0 spiro atoms. The number of nitrogens with zero attached hydrogens (tertiary/aromatic N) is 6. The van der Waals surface area contributed by atoms with Crippen molar-refractivity contribution in [2.75, 3.05) is 20.1 Å². The summed E-state index contributed by atoms with van der Waals surface area (Å²) in [5.74, 6) is 0.129. The molecule has 0 aliphatic carbocycles. The van der Waals surface area contributed by atoms with Crippen molar-refractivity contribution in [2.24, 2.45) is 4.99 Å². The van der Waals surface area contributed by atoms with Gasteiger partial charge >= 0.3 is 0 Å². The number of rotatable bonds is 6. The third-order valence-corrected chi connectivity index (χ3v) is 6.57. The van der Waals surface area contributed by atoms with Gasteiger partial charge in [0.1, 0.15) is 10.7 Å². The standard InChI is InChI=1S/C23H27N7OS/c1-15-11-26-20(18-12-27-30(14-18)19-5-7-29(4)8-6-19)9-17(15)10-22(24-3)28-23(31)21-13-25-16(2)32-21/h9-14,19H,3,5-8H2,1-2,4H3,(H,28,31)/b22-10+. The first-order chi connectivity index (χ1) is 15.4. The van der Waals surface area contributed by atoms with Crippen molar-refractivity contribution in [2.45, 2.75) is 32.7 Å². The van der Waals surface area contributed by atoms with Gasteiger partial charge in [-0.1, -0.05) is 0 Å². The van der Waals surface area contributed by atoms with Crippen LogP contribution in [0, 0.1) is 13.8 Å². The quantitative estimate of drug-likeness (QED) is 0.580. The number of nitrogens with one attached hydrogen (secondary N) is 1. The van der Waals surface area contributed by atoms with E-state index in [0.29, 0.717) is 16.7 Å². The van der Waals surface area contributed by atoms with Crippen molar-refractivity contribution in [3.8, 4) is 11.3 Å². The van der Waals surface area contributed by atoms with Crippen LogP contribution in [0.2, 0.25) is 0 Å². The lowest BCUT2D eigenvalue weighted by molar-refractivity contribution is 0.0969. The molecule has 3 aromatic rings. The molecule has 0 unspecified atom stereocenters. The van der Waals surface area contributed by atoms with Gasteiger partial charge in [0.2, 0.25) is 0 Å². The van der Waals surface area contributed by atoms with Crippen LogP contribution in [0.15, 0.2) is 41.7 Å². The molecular weight excluding hydrogens is 422 g/mol. The van der Waals surface area contributed by atoms with Crippen molar-refractivity contribution in [1.29, 1.82) is 0 Å². The highest BCUT2D eigenvalue weighted by Crippen LogP contribution is 2.25. The number of amides is 1. The first kappa shape index (κ1) is 22.0. The van der Waals surface area contributed by atoms with Crippen molar-refractivity contribution < 1.29 is 4.79 Å². The molecule has 32 heavy (non-hydrogen) atoms. The van der Waals surface area contributed by atoms with Crippen LogP contribution in [-0.4, -0.2) is 57.4 Å². The number of carbonyl (C=O) groups excluding carboxylic acids is 1. The van der Waals surface area contributed by atoms with E-state index in [9.17, 15) is 4.79 Å². The van der Waals surface area contributed by atoms with Gasteiger partial charge in [0, 0.05) is 18.0 Å². The Hall–Kier alpha value is -3.17. The fraction of sp³-hybridized carbons (Fsp3) is 0.348. The Morgan fingerprint density at radius 1 is 1.25 bits per heavy atom. The largest absolute Gasteiger partial charge is 0.306 e. The van der Waals surface area contributed by atoms with Crippen LogP contribution in [-0.2, 0) is 0 Å². The third kappa shape index (κ3) is 5.00. The van der Waals surface area contributed by atoms with E-state index in [2.05, 4.69) is 54.9 Å². The van der Waals surface area contributed by atoms with Crippen LogP contribution in [0.3, 0.4) is 0 Å². The van der Waals surface area contributed by atoms with Crippen LogP contribution in [0.25, 0.3) is 17.3 Å². The number of hydrogen-bond acceptors (Lipinski definition) is 7. The van der Waals surface area contributed by atoms with Gasteiger partial charge in [-0.3, -0.25) is 14.5 Å². The molecule has 3 aromatic heterocycles. The number of aryl methyl sites for hydroxylation is 2. The molecule has 9 heteroatoms. The monoisotopic (exact) mass is 449 g/mol. The Balaban J connectivity index is 1.54. The van der Waals surface area contributed by atoms with E-state index in [1.54, 1.807) is 12.3 Å². The molecule has 0 bridgehead atoms. The number of hydrogen-bond donors (Lipinski definition) is 1. The molecule has 4 rings (SSSR count). The number of aromatic nitrogens is 4. The van der Waals surface area contributed by atoms with E-state index in [0.717, 1.165) is 53.3 Å². The van der Waals surface area contributed by atoms with E-state index in [1.807, 2.05) is 32.3 Å². The number of thiazole rings is 1. The van der Waals surface area contributed by atoms with Crippen LogP contribution in [0.1, 0.15) is 44.7 Å². The topological polar surface area (TPSA) is 88.3 Å². The highest BCUT2D eigenvalue weighted by atomic mass is 32.1. The van der Waals surface area contributed by atoms with Gasteiger partial charge in [-0.15, -0.1) is 11.3 Å². The van der Waals surface area contributed by atoms with Gasteiger partial charge in [0.25, 0.3) is 5.91 Å². The zero-order chi connectivity index (χ0) is 22.7. The van der Waals surface area contributed by atoms with E-state index in [-0.39, 0.29) is 5.91 Å². The molecule has 1 N–H and O–H groups in total. The van der Waals surface area contributed by atoms with Gasteiger partial charge in [-0.2, -0.15) is 5.10 Å². The maximum atomic E-state index is 12.5. The summed E-state index contributed by atoms with van der Waals surface area (Å²) < 4.78 is 2.06. The molecule has 1 aliphatic heterocycles. The number of carbonyl (C=O) groups is 1. The maximum absolute atomic E-state index is 12.5. The molecule has 166 valence electrons. The van der Waals surface area contributed by atoms with Crippen molar-refractivity contribution in [3.05, 3.63) is 57.7 Å². The summed E-state index contributed by atoms with van der Waals surface area (Å²) in [4.78, 5) is 28.1. The summed E-state index contributed by atoms with van der Waals surface area (Å²) in [6, 6.07) is 2.41. The Morgan fingerprint density at radius 2 is 2.03 bits per heavy atom. The molecule has 1 fully saturated rings. The molecule has 0 radical (unpaired) electrons. The molecule has 0 atom stereocenters. The summed E-state index contributed by atoms with van der Waals surface area (Å²) in [7, 11) is 2.16. The van der Waals surface area contributed by atoms with Crippen LogP contribution in [0.5, 0.6) is 0 Å². The summed E-state index contributed by atoms with van der Waals surface area (Å²) in [6.45, 7) is 9.61. The van der Waals surface area contributed by atoms with Crippen molar-refractivity contribution in [1.82, 2.24) is 30.0 Å². The molecule has 0 aromatic carbocycles. The predicted octanol–water partition coefficient (Wildman–Crippen LogP) is 3.71. The molecule has 1 aliphatic rings. The Kier molecular flexibility index (Phi) is 6.57. The predicted molar refractivity (Wildman–Crippen MR) is 128 cm³/mol. The van der Waals surface area contributed by atoms with Gasteiger partial charge in [0.15, 0.2) is 0 Å². The fourth-order valence-corrected chi connectivity index (χ4v) is 4.37. The van der Waals surface area contributed by atoms with E-state index < -0.39 is 0 Å². The second-order valence-electron chi connectivity index (χ2n) is 8.05. The van der Waals surface area contributed by atoms with E-state index in [1.165, 1.54) is 11.3 Å². The zero-order valence-electron chi connectivity index (χ0n) is 18.6. The minimum atomic E-state index is -0.249. The molecule has 8 nitrogen and oxygen atoms in total. The number of aliphatic imine (C=N–C) groups is 1. The lowest BCUT2D eigenvalue weighted by Gasteiger charge is -2.28. The lowest BCUT2D eigenvalue weighted by Crippen LogP contribution is -2.31. The smallest absolute Gasteiger partial charge is 0.268 e. The minimum absolute atomic E-state index is 0.249. The van der Waals surface area contributed by atoms with Gasteiger partial charge < -0.3 is 10.2 Å². The highest BCUT2D eigenvalue weighted by Gasteiger charge is 2.19. The zero-order valence-corrected chi connectivity index (χ0v) is 19.4. The molecular formula is C23H27N7OS. The van der Waals surface area contributed by atoms with Gasteiger partial charge in [-0.25, -0.2) is 9.98 Å². The Morgan fingerprint density at radius 3 is 2.72 bits per heavy atom. The first-order valence-electron chi connectivity index (χ1n) is 10.5. The average Bonchev–Trinajstić information content (AvgIpc) is 3.45. The first-order valence-corrected chi connectivity index (χ1v) is 11.4. The summed E-state index contributed by atoms with van der Waals surface area (Å²) in [5, 5.41) is 8.24. The van der Waals surface area contributed by atoms with E-state index >= 15 is 0 Å². The molecule has 0 saturated carbocycles. The Bertz CT molecular complexity index is 1150. The molecule has 1 saturated heterocycles. The highest BCUT2D eigenvalue weighted by molar-refractivity contribution is 7.13. The van der Waals surface area contributed by atoms with Crippen LogP contribution >= 0.6 is 11.3 Å². The number of likely N-dealkylation sites (tertiary alicyclic amines) is 1. The van der Waals surface area contributed by atoms with Crippen LogP contribution < -0.4 is 5.32 Å². The van der Waals surface area contributed by atoms with Crippen molar-refractivity contribution >= 4 is 30.0 Å². The summed E-state index contributed by atoms with van der Waals surface area (Å²) in [5.41, 5.74) is 3.68. The van der Waals surface area contributed by atoms with E-state index in [4.69, 9.17) is 0 Å². The van der Waals surface area contributed by atoms with Gasteiger partial charge in [0.05, 0.1) is 29.1 Å². The third-order valence-electron chi connectivity index (χ3n) is 5.65. The second-order valence-corrected chi connectivity index (χ2v) is 9.29. The van der Waals surface area contributed by atoms with Gasteiger partial charge in [-0.05, 0) is 76.8 Å². The molecule has 1 amide bonds. The number of piperidine rings is 1.